The van der Waals surface area contributed by atoms with Gasteiger partial charge in [0.15, 0.2) is 0 Å². The second kappa shape index (κ2) is 7.43. The van der Waals surface area contributed by atoms with E-state index in [4.69, 9.17) is 0 Å². The normalized spacial score (nSPS) is 16.1. The maximum atomic E-state index is 12.5. The molecule has 1 saturated heterocycles. The molecule has 1 aliphatic heterocycles. The SMILES string of the molecule is Cc1ccc(NC(=O)[C@H]2CC(=O)N(c3ccc([N+](=O)[O-])cc3)C2)cc1[N+](=O)[O-]. The fourth-order valence-corrected chi connectivity index (χ4v) is 3.02. The van der Waals surface area contributed by atoms with Gasteiger partial charge in [-0.15, -0.1) is 0 Å². The fourth-order valence-electron chi connectivity index (χ4n) is 3.02. The van der Waals surface area contributed by atoms with Crippen molar-refractivity contribution < 1.29 is 19.4 Å². The van der Waals surface area contributed by atoms with Crippen LogP contribution in [0.3, 0.4) is 0 Å². The van der Waals surface area contributed by atoms with Crippen molar-refractivity contribution in [3.05, 3.63) is 68.3 Å². The van der Waals surface area contributed by atoms with Crippen LogP contribution in [0.4, 0.5) is 22.7 Å². The first-order valence-electron chi connectivity index (χ1n) is 8.37. The van der Waals surface area contributed by atoms with Gasteiger partial charge in [-0.05, 0) is 25.1 Å². The quantitative estimate of drug-likeness (QED) is 0.622. The molecule has 10 nitrogen and oxygen atoms in total. The minimum atomic E-state index is -0.636. The lowest BCUT2D eigenvalue weighted by Gasteiger charge is -2.16. The molecule has 28 heavy (non-hydrogen) atoms. The summed E-state index contributed by atoms with van der Waals surface area (Å²) in [5.41, 5.74) is 1.03. The summed E-state index contributed by atoms with van der Waals surface area (Å²) in [6, 6.07) is 9.88. The average molecular weight is 384 g/mol. The lowest BCUT2D eigenvalue weighted by atomic mass is 10.1. The summed E-state index contributed by atoms with van der Waals surface area (Å²) < 4.78 is 0. The molecular formula is C18H16N4O6. The molecule has 0 aromatic heterocycles. The maximum Gasteiger partial charge on any atom is 0.274 e. The van der Waals surface area contributed by atoms with E-state index in [9.17, 15) is 29.8 Å². The van der Waals surface area contributed by atoms with Gasteiger partial charge in [0, 0.05) is 48.1 Å². The number of carbonyl (C=O) groups is 2. The predicted octanol–water partition coefficient (Wildman–Crippen LogP) is 2.80. The zero-order chi connectivity index (χ0) is 20.4. The van der Waals surface area contributed by atoms with Gasteiger partial charge in [-0.2, -0.15) is 0 Å². The number of nitrogens with zero attached hydrogens (tertiary/aromatic N) is 3. The summed E-state index contributed by atoms with van der Waals surface area (Å²) in [6.45, 7) is 1.72. The summed E-state index contributed by atoms with van der Waals surface area (Å²) in [7, 11) is 0. The number of rotatable bonds is 5. The second-order valence-corrected chi connectivity index (χ2v) is 6.43. The third kappa shape index (κ3) is 3.80. The molecular weight excluding hydrogens is 368 g/mol. The Kier molecular flexibility index (Phi) is 5.03. The van der Waals surface area contributed by atoms with Crippen LogP contribution in [0.1, 0.15) is 12.0 Å². The topological polar surface area (TPSA) is 136 Å². The molecule has 10 heteroatoms. The molecule has 1 N–H and O–H groups in total. The minimum Gasteiger partial charge on any atom is -0.326 e. The largest absolute Gasteiger partial charge is 0.326 e. The Labute approximate surface area is 159 Å². The van der Waals surface area contributed by atoms with Gasteiger partial charge in [0.05, 0.1) is 15.8 Å². The van der Waals surface area contributed by atoms with Gasteiger partial charge in [0.1, 0.15) is 0 Å². The highest BCUT2D eigenvalue weighted by molar-refractivity contribution is 6.03. The standard InChI is InChI=1S/C18H16N4O6/c1-11-2-3-13(9-16(11)22(27)28)19-18(24)12-8-17(23)20(10-12)14-4-6-15(7-5-14)21(25)26/h2-7,9,12H,8,10H2,1H3,(H,19,24)/t12-/m0/s1. The molecule has 0 aliphatic carbocycles. The molecule has 144 valence electrons. The number of amides is 2. The van der Waals surface area contributed by atoms with Gasteiger partial charge in [-0.25, -0.2) is 0 Å². The number of benzene rings is 2. The van der Waals surface area contributed by atoms with Crippen molar-refractivity contribution in [3.8, 4) is 0 Å². The van der Waals surface area contributed by atoms with E-state index in [2.05, 4.69) is 5.32 Å². The maximum absolute atomic E-state index is 12.5. The van der Waals surface area contributed by atoms with Gasteiger partial charge in [-0.1, -0.05) is 6.07 Å². The highest BCUT2D eigenvalue weighted by Crippen LogP contribution is 2.28. The van der Waals surface area contributed by atoms with E-state index in [1.54, 1.807) is 13.0 Å². The third-order valence-electron chi connectivity index (χ3n) is 4.54. The van der Waals surface area contributed by atoms with Crippen molar-refractivity contribution in [1.82, 2.24) is 0 Å². The molecule has 0 saturated carbocycles. The molecule has 1 atom stereocenters. The van der Waals surface area contributed by atoms with Crippen molar-refractivity contribution in [3.63, 3.8) is 0 Å². The fraction of sp³-hybridized carbons (Fsp3) is 0.222. The highest BCUT2D eigenvalue weighted by Gasteiger charge is 2.35. The molecule has 1 heterocycles. The Hall–Kier alpha value is -3.82. The highest BCUT2D eigenvalue weighted by atomic mass is 16.6. The molecule has 0 radical (unpaired) electrons. The van der Waals surface area contributed by atoms with Crippen LogP contribution < -0.4 is 10.2 Å². The first-order valence-corrected chi connectivity index (χ1v) is 8.37. The van der Waals surface area contributed by atoms with Gasteiger partial charge in [-0.3, -0.25) is 29.8 Å². The molecule has 0 spiro atoms. The number of hydrogen-bond donors (Lipinski definition) is 1. The molecule has 2 aromatic rings. The van der Waals surface area contributed by atoms with Crippen molar-refractivity contribution in [2.24, 2.45) is 5.92 Å². The number of aryl methyl sites for hydroxylation is 1. The van der Waals surface area contributed by atoms with E-state index >= 15 is 0 Å². The molecule has 0 bridgehead atoms. The van der Waals surface area contributed by atoms with Crippen LogP contribution in [-0.2, 0) is 9.59 Å². The van der Waals surface area contributed by atoms with Crippen LogP contribution in [-0.4, -0.2) is 28.2 Å². The molecule has 1 aliphatic rings. The Morgan fingerprint density at radius 1 is 1.11 bits per heavy atom. The molecule has 1 fully saturated rings. The zero-order valence-electron chi connectivity index (χ0n) is 14.8. The van der Waals surface area contributed by atoms with E-state index < -0.39 is 21.7 Å². The summed E-state index contributed by atoms with van der Waals surface area (Å²) in [6.07, 6.45) is -0.0171. The molecule has 0 unspecified atom stereocenters. The number of hydrogen-bond acceptors (Lipinski definition) is 6. The van der Waals surface area contributed by atoms with E-state index in [1.807, 2.05) is 0 Å². The number of carbonyl (C=O) groups excluding carboxylic acids is 2. The minimum absolute atomic E-state index is 0.0171. The Morgan fingerprint density at radius 2 is 1.79 bits per heavy atom. The molecule has 2 aromatic carbocycles. The summed E-state index contributed by atoms with van der Waals surface area (Å²) >= 11 is 0. The average Bonchev–Trinajstić information content (AvgIpc) is 3.05. The first-order chi connectivity index (χ1) is 13.3. The van der Waals surface area contributed by atoms with E-state index in [0.717, 1.165) is 0 Å². The second-order valence-electron chi connectivity index (χ2n) is 6.43. The van der Waals surface area contributed by atoms with Crippen molar-refractivity contribution >= 4 is 34.6 Å². The van der Waals surface area contributed by atoms with Crippen molar-refractivity contribution in [2.75, 3.05) is 16.8 Å². The Bertz CT molecular complexity index is 973. The zero-order valence-corrected chi connectivity index (χ0v) is 14.8. The van der Waals surface area contributed by atoms with E-state index in [-0.39, 0.29) is 35.9 Å². The van der Waals surface area contributed by atoms with Gasteiger partial charge >= 0.3 is 0 Å². The Balaban J connectivity index is 1.71. The van der Waals surface area contributed by atoms with Gasteiger partial charge in [0.2, 0.25) is 11.8 Å². The number of anilines is 2. The number of nitrogens with one attached hydrogen (secondary N) is 1. The lowest BCUT2D eigenvalue weighted by molar-refractivity contribution is -0.385. The van der Waals surface area contributed by atoms with Crippen LogP contribution in [0, 0.1) is 33.1 Å². The summed E-state index contributed by atoms with van der Waals surface area (Å²) in [4.78, 5) is 46.9. The molecule has 2 amide bonds. The van der Waals surface area contributed by atoms with E-state index in [1.165, 1.54) is 41.3 Å². The summed E-state index contributed by atoms with van der Waals surface area (Å²) in [5, 5.41) is 24.4. The molecule has 3 rings (SSSR count). The van der Waals surface area contributed by atoms with Crippen molar-refractivity contribution in [2.45, 2.75) is 13.3 Å². The van der Waals surface area contributed by atoms with Crippen LogP contribution >= 0.6 is 0 Å². The van der Waals surface area contributed by atoms with Crippen LogP contribution in [0.5, 0.6) is 0 Å². The first kappa shape index (κ1) is 19.0. The van der Waals surface area contributed by atoms with Gasteiger partial charge < -0.3 is 10.2 Å². The van der Waals surface area contributed by atoms with Gasteiger partial charge in [0.25, 0.3) is 11.4 Å². The van der Waals surface area contributed by atoms with Crippen LogP contribution in [0.15, 0.2) is 42.5 Å². The Morgan fingerprint density at radius 3 is 2.39 bits per heavy atom. The van der Waals surface area contributed by atoms with Crippen LogP contribution in [0.2, 0.25) is 0 Å². The predicted molar refractivity (Wildman–Crippen MR) is 100 cm³/mol. The number of nitro benzene ring substituents is 2. The monoisotopic (exact) mass is 384 g/mol. The van der Waals surface area contributed by atoms with Crippen molar-refractivity contribution in [1.29, 1.82) is 0 Å². The third-order valence-corrected chi connectivity index (χ3v) is 4.54. The number of nitro groups is 2. The smallest absolute Gasteiger partial charge is 0.274 e. The van der Waals surface area contributed by atoms with Crippen LogP contribution in [0.25, 0.3) is 0 Å². The lowest BCUT2D eigenvalue weighted by Crippen LogP contribution is -2.28. The number of non-ortho nitro benzene ring substituents is 1. The summed E-state index contributed by atoms with van der Waals surface area (Å²) in [5.74, 6) is -1.33. The van der Waals surface area contributed by atoms with E-state index in [0.29, 0.717) is 11.3 Å².